The molecule has 0 spiro atoms. The molecule has 4 rings (SSSR count). The lowest BCUT2D eigenvalue weighted by atomic mass is 9.92. The number of fused-ring (bicyclic) bond motifs is 1. The van der Waals surface area contributed by atoms with Gasteiger partial charge in [0.05, 0.1) is 36.4 Å². The van der Waals surface area contributed by atoms with Gasteiger partial charge in [0, 0.05) is 23.5 Å². The lowest BCUT2D eigenvalue weighted by molar-refractivity contribution is -0.974. The molecule has 1 heterocycles. The Labute approximate surface area is 215 Å². The van der Waals surface area contributed by atoms with Crippen LogP contribution in [0.5, 0.6) is 0 Å². The number of carbonyl (C=O) groups is 1. The second-order valence-electron chi connectivity index (χ2n) is 10.9. The molecule has 0 bridgehead atoms. The number of hydrogen-bond donors (Lipinski definition) is 0. The molecule has 178 valence electrons. The van der Waals surface area contributed by atoms with Crippen molar-refractivity contribution in [1.82, 2.24) is 4.90 Å². The molecule has 0 unspecified atom stereocenters. The number of rotatable bonds is 4. The van der Waals surface area contributed by atoms with E-state index in [-0.39, 0.29) is 53.5 Å². The topological polar surface area (TPSA) is 29.5 Å². The summed E-state index contributed by atoms with van der Waals surface area (Å²) in [6.07, 6.45) is 0.451. The Bertz CT molecular complexity index is 1350. The molecule has 4 nitrogen and oxygen atoms in total. The quantitative estimate of drug-likeness (QED) is 0.399. The first-order valence-electron chi connectivity index (χ1n) is 15.4. The average molecular weight is 478 g/mol. The van der Waals surface area contributed by atoms with Crippen molar-refractivity contribution >= 4 is 17.6 Å². The van der Waals surface area contributed by atoms with Crippen molar-refractivity contribution in [3.8, 4) is 0 Å². The van der Waals surface area contributed by atoms with Crippen LogP contribution in [-0.4, -0.2) is 54.2 Å². The first-order chi connectivity index (χ1) is 18.7. The zero-order valence-electron chi connectivity index (χ0n) is 28.0. The van der Waals surface area contributed by atoms with Crippen LogP contribution in [0.15, 0.2) is 48.4 Å². The van der Waals surface area contributed by atoms with E-state index in [1.807, 2.05) is 26.0 Å². The van der Waals surface area contributed by atoms with Gasteiger partial charge in [-0.05, 0) is 69.9 Å². The van der Waals surface area contributed by atoms with E-state index in [0.717, 1.165) is 11.1 Å². The summed E-state index contributed by atoms with van der Waals surface area (Å²) >= 11 is 6.42. The third-order valence-electron chi connectivity index (χ3n) is 7.10. The fraction of sp³-hybridized carbons (Fsp3) is 0.536. The van der Waals surface area contributed by atoms with Crippen molar-refractivity contribution < 1.29 is 25.0 Å². The van der Waals surface area contributed by atoms with Crippen molar-refractivity contribution in [3.05, 3.63) is 70.1 Å². The summed E-state index contributed by atoms with van der Waals surface area (Å²) in [6.45, 7) is 7.17. The third-order valence-corrected chi connectivity index (χ3v) is 7.33. The molecule has 1 fully saturated rings. The molecule has 1 saturated heterocycles. The Morgan fingerprint density at radius 1 is 1.27 bits per heavy atom. The smallest absolute Gasteiger partial charge is 0.315 e. The maximum Gasteiger partial charge on any atom is 0.315 e. The zero-order chi connectivity index (χ0) is 30.9. The van der Waals surface area contributed by atoms with Gasteiger partial charge >= 0.3 is 5.97 Å². The molecule has 0 radical (unpaired) electrons. The molecule has 0 saturated carbocycles. The molecule has 0 amide bonds. The summed E-state index contributed by atoms with van der Waals surface area (Å²) in [6, 6.07) is 3.61. The van der Waals surface area contributed by atoms with Crippen LogP contribution in [0.2, 0.25) is 5.02 Å². The summed E-state index contributed by atoms with van der Waals surface area (Å²) in [5, 5.41) is 0.522. The third kappa shape index (κ3) is 4.71. The van der Waals surface area contributed by atoms with Gasteiger partial charge in [-0.15, -0.1) is 0 Å². The van der Waals surface area contributed by atoms with Crippen LogP contribution < -0.4 is 0 Å². The van der Waals surface area contributed by atoms with E-state index in [1.165, 1.54) is 0 Å². The van der Waals surface area contributed by atoms with Crippen LogP contribution >= 0.6 is 11.6 Å². The standard InChI is InChI=1S/C28H38ClN2O2/c1-27(2,3)26(32)33-19-31(6)15-14-30(18-28(31,4)5)25-17-23(20-10-8-7-9-11-20)22-13-12-21(29)16-24(22)25/h7-13,16,23,25H,14-15,17-19H2,1-6H3/q+1/t23-,25+,31+/m0/s1/i6D3,7D,8D,9D,10D,11D. The number of esters is 1. The van der Waals surface area contributed by atoms with Crippen LogP contribution in [0.3, 0.4) is 0 Å². The van der Waals surface area contributed by atoms with E-state index >= 15 is 0 Å². The second kappa shape index (κ2) is 8.72. The summed E-state index contributed by atoms with van der Waals surface area (Å²) < 4.78 is 72.3. The van der Waals surface area contributed by atoms with Crippen LogP contribution in [0, 0.1) is 5.41 Å². The highest BCUT2D eigenvalue weighted by Gasteiger charge is 2.49. The molecule has 2 aromatic carbocycles. The number of carbonyl (C=O) groups excluding carboxylic acids is 1. The first kappa shape index (κ1) is 15.9. The van der Waals surface area contributed by atoms with Gasteiger partial charge in [-0.2, -0.15) is 0 Å². The van der Waals surface area contributed by atoms with Crippen LogP contribution in [0.1, 0.15) is 80.7 Å². The highest BCUT2D eigenvalue weighted by molar-refractivity contribution is 6.30. The molecule has 3 atom stereocenters. The lowest BCUT2D eigenvalue weighted by Gasteiger charge is -2.54. The van der Waals surface area contributed by atoms with E-state index in [4.69, 9.17) is 27.3 Å². The second-order valence-corrected chi connectivity index (χ2v) is 11.3. The maximum absolute atomic E-state index is 12.6. The molecule has 33 heavy (non-hydrogen) atoms. The monoisotopic (exact) mass is 477 g/mol. The van der Waals surface area contributed by atoms with Gasteiger partial charge in [-0.25, -0.2) is 0 Å². The highest BCUT2D eigenvalue weighted by atomic mass is 35.5. The summed E-state index contributed by atoms with van der Waals surface area (Å²) in [5.74, 6) is -0.918. The van der Waals surface area contributed by atoms with Gasteiger partial charge < -0.3 is 4.74 Å². The molecule has 2 aromatic rings. The van der Waals surface area contributed by atoms with E-state index < -0.39 is 35.9 Å². The number of benzene rings is 2. The zero-order valence-corrected chi connectivity index (χ0v) is 20.8. The lowest BCUT2D eigenvalue weighted by Crippen LogP contribution is -2.70. The van der Waals surface area contributed by atoms with E-state index in [0.29, 0.717) is 24.5 Å². The highest BCUT2D eigenvalue weighted by Crippen LogP contribution is 2.48. The Kier molecular flexibility index (Phi) is 4.21. The molecule has 2 aliphatic rings. The fourth-order valence-corrected chi connectivity index (χ4v) is 5.07. The van der Waals surface area contributed by atoms with Gasteiger partial charge in [0.2, 0.25) is 6.73 Å². The Morgan fingerprint density at radius 3 is 2.64 bits per heavy atom. The number of nitrogens with zero attached hydrogens (tertiary/aromatic N) is 2. The normalized spacial score (nSPS) is 31.1. The maximum atomic E-state index is 12.6. The number of halogens is 1. The van der Waals surface area contributed by atoms with E-state index in [9.17, 15) is 4.79 Å². The Balaban J connectivity index is 1.72. The van der Waals surface area contributed by atoms with Crippen LogP contribution in [-0.2, 0) is 9.53 Å². The largest absolute Gasteiger partial charge is 0.415 e. The van der Waals surface area contributed by atoms with Gasteiger partial charge in [0.25, 0.3) is 0 Å². The first-order valence-corrected chi connectivity index (χ1v) is 11.8. The number of piperazine rings is 1. The van der Waals surface area contributed by atoms with Gasteiger partial charge in [-0.3, -0.25) is 14.2 Å². The predicted octanol–water partition coefficient (Wildman–Crippen LogP) is 6.00. The molecule has 1 aliphatic heterocycles. The minimum Gasteiger partial charge on any atom is -0.415 e. The Hall–Kier alpha value is -1.88. The molecule has 5 heteroatoms. The van der Waals surface area contributed by atoms with Crippen molar-refractivity contribution in [2.75, 3.05) is 33.3 Å². The Morgan fingerprint density at radius 2 is 2.00 bits per heavy atom. The van der Waals surface area contributed by atoms with Crippen LogP contribution in [0.4, 0.5) is 0 Å². The van der Waals surface area contributed by atoms with Crippen molar-refractivity contribution in [1.29, 1.82) is 0 Å². The summed E-state index contributed by atoms with van der Waals surface area (Å²) in [7, 11) is 0. The van der Waals surface area contributed by atoms with Gasteiger partial charge in [0.15, 0.2) is 0 Å². The number of ether oxygens (including phenoxy) is 1. The van der Waals surface area contributed by atoms with E-state index in [1.54, 1.807) is 26.8 Å². The molecular formula is C28H38ClN2O2+. The fourth-order valence-electron chi connectivity index (χ4n) is 4.89. The van der Waals surface area contributed by atoms with Crippen molar-refractivity contribution in [2.45, 2.75) is 58.5 Å². The summed E-state index contributed by atoms with van der Waals surface area (Å²) in [4.78, 5) is 14.8. The molecule has 0 aromatic heterocycles. The predicted molar refractivity (Wildman–Crippen MR) is 134 cm³/mol. The molecule has 1 aliphatic carbocycles. The number of likely N-dealkylation sites (N-methyl/N-ethyl adjacent to an activating group) is 1. The number of quaternary nitrogens is 1. The van der Waals surface area contributed by atoms with Gasteiger partial charge in [0.1, 0.15) is 5.54 Å². The average Bonchev–Trinajstić information content (AvgIpc) is 3.22. The minimum atomic E-state index is -2.44. The molecular weight excluding hydrogens is 432 g/mol. The summed E-state index contributed by atoms with van der Waals surface area (Å²) in [5.41, 5.74) is 0.376. The molecule has 0 N–H and O–H groups in total. The SMILES string of the molecule is [2H]c1c([2H])c([2H])c([C@@H]2C[C@@H](N3CC[N@@+](COC(=O)C(C)(C)C)(C([2H])([2H])[2H])C(C)(C)C3)c3cc(Cl)ccc32)c([2H])c1[2H]. The van der Waals surface area contributed by atoms with Gasteiger partial charge in [-0.1, -0.05) is 47.9 Å². The van der Waals surface area contributed by atoms with Crippen molar-refractivity contribution in [3.63, 3.8) is 0 Å². The number of hydrogen-bond acceptors (Lipinski definition) is 3. The van der Waals surface area contributed by atoms with Crippen molar-refractivity contribution in [2.24, 2.45) is 5.41 Å². The van der Waals surface area contributed by atoms with E-state index in [2.05, 4.69) is 4.90 Å². The van der Waals surface area contributed by atoms with Crippen LogP contribution in [0.25, 0.3) is 0 Å². The minimum absolute atomic E-state index is 0.201.